The summed E-state index contributed by atoms with van der Waals surface area (Å²) in [6, 6.07) is 9.72. The van der Waals surface area contributed by atoms with Crippen molar-refractivity contribution in [1.29, 1.82) is 0 Å². The number of methoxy groups -OCH3 is 2. The number of ether oxygens (including phenoxy) is 2. The van der Waals surface area contributed by atoms with Gasteiger partial charge in [0.25, 0.3) is 5.91 Å². The zero-order chi connectivity index (χ0) is 20.3. The van der Waals surface area contributed by atoms with Gasteiger partial charge in [0, 0.05) is 0 Å². The molecular formula is C20H21FN4O3. The van der Waals surface area contributed by atoms with Gasteiger partial charge in [-0.25, -0.2) is 9.07 Å². The Hall–Kier alpha value is -3.42. The van der Waals surface area contributed by atoms with Gasteiger partial charge in [0.2, 0.25) is 0 Å². The van der Waals surface area contributed by atoms with E-state index in [4.69, 9.17) is 9.47 Å². The molecule has 1 atom stereocenters. The molecule has 0 aliphatic heterocycles. The van der Waals surface area contributed by atoms with Gasteiger partial charge in [-0.05, 0) is 55.3 Å². The van der Waals surface area contributed by atoms with Crippen molar-refractivity contribution in [3.63, 3.8) is 0 Å². The highest BCUT2D eigenvalue weighted by Gasteiger charge is 2.17. The predicted molar refractivity (Wildman–Crippen MR) is 101 cm³/mol. The van der Waals surface area contributed by atoms with E-state index in [0.29, 0.717) is 22.7 Å². The summed E-state index contributed by atoms with van der Waals surface area (Å²) in [6.07, 6.45) is 1.50. The molecule has 1 heterocycles. The minimum atomic E-state index is -0.368. The highest BCUT2D eigenvalue weighted by Crippen LogP contribution is 2.29. The molecule has 1 aromatic heterocycles. The Labute approximate surface area is 162 Å². The fraction of sp³-hybridized carbons (Fsp3) is 0.250. The summed E-state index contributed by atoms with van der Waals surface area (Å²) in [5.41, 5.74) is 2.13. The lowest BCUT2D eigenvalue weighted by Gasteiger charge is -2.15. The Balaban J connectivity index is 1.74. The first kappa shape index (κ1) is 19.3. The first-order chi connectivity index (χ1) is 13.4. The lowest BCUT2D eigenvalue weighted by atomic mass is 10.1. The first-order valence-corrected chi connectivity index (χ1v) is 8.64. The fourth-order valence-corrected chi connectivity index (χ4v) is 2.74. The predicted octanol–water partition coefficient (Wildman–Crippen LogP) is 3.22. The number of nitrogens with zero attached hydrogens (tertiary/aromatic N) is 3. The average molecular weight is 384 g/mol. The standard InChI is InChI=1S/C20H21FN4O3/c1-12-9-15(6-7-16(12)21)25-11-17(23-24-25)20(26)22-13(2)14-5-8-18(27-3)19(10-14)28-4/h5-11,13H,1-4H3,(H,22,26). The summed E-state index contributed by atoms with van der Waals surface area (Å²) in [4.78, 5) is 12.5. The van der Waals surface area contributed by atoms with Crippen LogP contribution in [-0.2, 0) is 0 Å². The molecule has 0 aliphatic rings. The number of aromatic nitrogens is 3. The van der Waals surface area contributed by atoms with E-state index in [9.17, 15) is 9.18 Å². The van der Waals surface area contributed by atoms with Crippen LogP contribution in [0.15, 0.2) is 42.6 Å². The third kappa shape index (κ3) is 3.95. The minimum Gasteiger partial charge on any atom is -0.493 e. The van der Waals surface area contributed by atoms with E-state index in [0.717, 1.165) is 5.56 Å². The molecule has 1 amide bonds. The van der Waals surface area contributed by atoms with Crippen molar-refractivity contribution in [2.24, 2.45) is 0 Å². The molecule has 0 saturated heterocycles. The number of hydrogen-bond donors (Lipinski definition) is 1. The molecule has 0 bridgehead atoms. The van der Waals surface area contributed by atoms with Crippen LogP contribution in [0.4, 0.5) is 4.39 Å². The summed E-state index contributed by atoms with van der Waals surface area (Å²) >= 11 is 0. The van der Waals surface area contributed by atoms with E-state index in [1.165, 1.54) is 16.9 Å². The summed E-state index contributed by atoms with van der Waals surface area (Å²) < 4.78 is 25.4. The van der Waals surface area contributed by atoms with Crippen molar-refractivity contribution in [1.82, 2.24) is 20.3 Å². The molecule has 0 saturated carbocycles. The van der Waals surface area contributed by atoms with Crippen molar-refractivity contribution >= 4 is 5.91 Å². The molecule has 3 aromatic rings. The van der Waals surface area contributed by atoms with Gasteiger partial charge < -0.3 is 14.8 Å². The Morgan fingerprint density at radius 2 is 1.89 bits per heavy atom. The molecule has 8 heteroatoms. The van der Waals surface area contributed by atoms with Crippen LogP contribution in [0.5, 0.6) is 11.5 Å². The van der Waals surface area contributed by atoms with Gasteiger partial charge in [0.05, 0.1) is 32.1 Å². The molecule has 146 valence electrons. The number of halogens is 1. The highest BCUT2D eigenvalue weighted by molar-refractivity contribution is 5.92. The number of benzene rings is 2. The summed E-state index contributed by atoms with van der Waals surface area (Å²) in [7, 11) is 3.12. The van der Waals surface area contributed by atoms with Crippen molar-refractivity contribution < 1.29 is 18.7 Å². The van der Waals surface area contributed by atoms with Crippen LogP contribution in [0.2, 0.25) is 0 Å². The van der Waals surface area contributed by atoms with Gasteiger partial charge in [-0.1, -0.05) is 11.3 Å². The Kier molecular flexibility index (Phi) is 5.58. The molecule has 1 N–H and O–H groups in total. The van der Waals surface area contributed by atoms with Crippen LogP contribution in [0.1, 0.15) is 34.6 Å². The number of hydrogen-bond acceptors (Lipinski definition) is 5. The second-order valence-electron chi connectivity index (χ2n) is 6.29. The molecular weight excluding hydrogens is 363 g/mol. The average Bonchev–Trinajstić information content (AvgIpc) is 3.19. The summed E-state index contributed by atoms with van der Waals surface area (Å²) in [5, 5.41) is 10.7. The van der Waals surface area contributed by atoms with Gasteiger partial charge in [-0.15, -0.1) is 5.10 Å². The van der Waals surface area contributed by atoms with Crippen molar-refractivity contribution in [3.8, 4) is 17.2 Å². The van der Waals surface area contributed by atoms with E-state index < -0.39 is 0 Å². The Bertz CT molecular complexity index is 1000. The Morgan fingerprint density at radius 1 is 1.14 bits per heavy atom. The normalized spacial score (nSPS) is 11.8. The van der Waals surface area contributed by atoms with Gasteiger partial charge in [0.1, 0.15) is 5.82 Å². The summed E-state index contributed by atoms with van der Waals surface area (Å²) in [6.45, 7) is 3.51. The molecule has 1 unspecified atom stereocenters. The highest BCUT2D eigenvalue weighted by atomic mass is 19.1. The molecule has 3 rings (SSSR count). The first-order valence-electron chi connectivity index (χ1n) is 8.64. The lowest BCUT2D eigenvalue weighted by Crippen LogP contribution is -2.27. The second kappa shape index (κ2) is 8.08. The Morgan fingerprint density at radius 3 is 2.57 bits per heavy atom. The quantitative estimate of drug-likeness (QED) is 0.706. The zero-order valence-electron chi connectivity index (χ0n) is 16.1. The van der Waals surface area contributed by atoms with E-state index >= 15 is 0 Å². The topological polar surface area (TPSA) is 78.3 Å². The molecule has 0 fully saturated rings. The molecule has 0 spiro atoms. The van der Waals surface area contributed by atoms with Gasteiger partial charge in [0.15, 0.2) is 17.2 Å². The SMILES string of the molecule is COc1ccc(C(C)NC(=O)c2cn(-c3ccc(F)c(C)c3)nn2)cc1OC. The molecule has 2 aromatic carbocycles. The fourth-order valence-electron chi connectivity index (χ4n) is 2.74. The summed E-state index contributed by atoms with van der Waals surface area (Å²) in [5.74, 6) is 0.527. The van der Waals surface area contributed by atoms with E-state index in [1.807, 2.05) is 19.1 Å². The van der Waals surface area contributed by atoms with Gasteiger partial charge in [-0.3, -0.25) is 4.79 Å². The van der Waals surface area contributed by atoms with Crippen LogP contribution in [0.3, 0.4) is 0 Å². The monoisotopic (exact) mass is 384 g/mol. The molecule has 28 heavy (non-hydrogen) atoms. The number of amides is 1. The maximum atomic E-state index is 13.4. The number of carbonyl (C=O) groups is 1. The van der Waals surface area contributed by atoms with E-state index in [2.05, 4.69) is 15.6 Å². The van der Waals surface area contributed by atoms with E-state index in [-0.39, 0.29) is 23.5 Å². The third-order valence-corrected chi connectivity index (χ3v) is 4.39. The van der Waals surface area contributed by atoms with Crippen LogP contribution >= 0.6 is 0 Å². The number of rotatable bonds is 6. The van der Waals surface area contributed by atoms with Gasteiger partial charge in [-0.2, -0.15) is 0 Å². The van der Waals surface area contributed by atoms with Crippen LogP contribution in [0, 0.1) is 12.7 Å². The smallest absolute Gasteiger partial charge is 0.273 e. The molecule has 7 nitrogen and oxygen atoms in total. The molecule has 0 radical (unpaired) electrons. The van der Waals surface area contributed by atoms with Crippen LogP contribution < -0.4 is 14.8 Å². The lowest BCUT2D eigenvalue weighted by molar-refractivity contribution is 0.0934. The minimum absolute atomic E-state index is 0.161. The third-order valence-electron chi connectivity index (χ3n) is 4.39. The van der Waals surface area contributed by atoms with Crippen LogP contribution in [-0.4, -0.2) is 35.1 Å². The largest absolute Gasteiger partial charge is 0.493 e. The number of nitrogens with one attached hydrogen (secondary N) is 1. The van der Waals surface area contributed by atoms with Crippen molar-refractivity contribution in [2.75, 3.05) is 14.2 Å². The zero-order valence-corrected chi connectivity index (χ0v) is 16.1. The van der Waals surface area contributed by atoms with Crippen molar-refractivity contribution in [2.45, 2.75) is 19.9 Å². The molecule has 0 aliphatic carbocycles. The maximum Gasteiger partial charge on any atom is 0.273 e. The van der Waals surface area contributed by atoms with Gasteiger partial charge >= 0.3 is 0 Å². The van der Waals surface area contributed by atoms with E-state index in [1.54, 1.807) is 39.3 Å². The maximum absolute atomic E-state index is 13.4. The number of carbonyl (C=O) groups excluding carboxylic acids is 1. The second-order valence-corrected chi connectivity index (χ2v) is 6.29. The number of aryl methyl sites for hydroxylation is 1. The van der Waals surface area contributed by atoms with Crippen molar-refractivity contribution in [3.05, 3.63) is 65.2 Å². The van der Waals surface area contributed by atoms with Crippen LogP contribution in [0.25, 0.3) is 5.69 Å².